The maximum Gasteiger partial charge on any atom is 0.406 e. The number of halogens is 3. The van der Waals surface area contributed by atoms with Gasteiger partial charge in [0.1, 0.15) is 6.54 Å². The van der Waals surface area contributed by atoms with E-state index in [9.17, 15) is 27.9 Å². The van der Waals surface area contributed by atoms with Crippen LogP contribution >= 0.6 is 0 Å². The summed E-state index contributed by atoms with van der Waals surface area (Å²) in [6.07, 6.45) is -5.15. The van der Waals surface area contributed by atoms with E-state index >= 15 is 0 Å². The van der Waals surface area contributed by atoms with Gasteiger partial charge in [0.05, 0.1) is 12.0 Å². The maximum absolute atomic E-state index is 12.3. The SMILES string of the molecule is O=C(NCCC(O)c1ccccc1)C1CC(=O)N(CC(F)(F)F)C1. The quantitative estimate of drug-likeness (QED) is 0.824. The highest BCUT2D eigenvalue weighted by Crippen LogP contribution is 2.24. The normalized spacial score (nSPS) is 19.4. The molecule has 0 aliphatic carbocycles. The van der Waals surface area contributed by atoms with Crippen molar-refractivity contribution < 1.29 is 27.9 Å². The minimum Gasteiger partial charge on any atom is -0.388 e. The number of benzene rings is 1. The average molecular weight is 344 g/mol. The van der Waals surface area contributed by atoms with Gasteiger partial charge in [0.2, 0.25) is 11.8 Å². The highest BCUT2D eigenvalue weighted by molar-refractivity contribution is 5.89. The first-order chi connectivity index (χ1) is 11.3. The Labute approximate surface area is 137 Å². The van der Waals surface area contributed by atoms with Gasteiger partial charge in [0.25, 0.3) is 0 Å². The first-order valence-electron chi connectivity index (χ1n) is 7.61. The highest BCUT2D eigenvalue weighted by Gasteiger charge is 2.40. The number of carbonyl (C=O) groups excluding carboxylic acids is 2. The molecule has 0 saturated carbocycles. The van der Waals surface area contributed by atoms with Crippen LogP contribution in [0.25, 0.3) is 0 Å². The lowest BCUT2D eigenvalue weighted by Gasteiger charge is -2.18. The van der Waals surface area contributed by atoms with Crippen LogP contribution in [0.3, 0.4) is 0 Å². The molecule has 0 bridgehead atoms. The van der Waals surface area contributed by atoms with Gasteiger partial charge in [-0.05, 0) is 12.0 Å². The van der Waals surface area contributed by atoms with E-state index in [-0.39, 0.29) is 25.9 Å². The molecule has 2 amide bonds. The summed E-state index contributed by atoms with van der Waals surface area (Å²) in [5.74, 6) is -1.92. The molecule has 2 atom stereocenters. The second-order valence-corrected chi connectivity index (χ2v) is 5.80. The van der Waals surface area contributed by atoms with Crippen molar-refractivity contribution in [1.29, 1.82) is 0 Å². The van der Waals surface area contributed by atoms with Gasteiger partial charge in [-0.2, -0.15) is 13.2 Å². The van der Waals surface area contributed by atoms with Gasteiger partial charge in [-0.1, -0.05) is 30.3 Å². The second-order valence-electron chi connectivity index (χ2n) is 5.80. The highest BCUT2D eigenvalue weighted by atomic mass is 19.4. The van der Waals surface area contributed by atoms with Crippen molar-refractivity contribution in [3.05, 3.63) is 35.9 Å². The smallest absolute Gasteiger partial charge is 0.388 e. The molecule has 132 valence electrons. The summed E-state index contributed by atoms with van der Waals surface area (Å²) in [4.78, 5) is 24.2. The summed E-state index contributed by atoms with van der Waals surface area (Å²) in [6.45, 7) is -1.38. The number of amides is 2. The lowest BCUT2D eigenvalue weighted by molar-refractivity contribution is -0.157. The van der Waals surface area contributed by atoms with Gasteiger partial charge in [-0.25, -0.2) is 0 Å². The summed E-state index contributed by atoms with van der Waals surface area (Å²) < 4.78 is 37.0. The lowest BCUT2D eigenvalue weighted by Crippen LogP contribution is -2.37. The Kier molecular flexibility index (Phi) is 5.82. The Bertz CT molecular complexity index is 578. The molecule has 5 nitrogen and oxygen atoms in total. The molecule has 1 aromatic carbocycles. The number of carbonyl (C=O) groups is 2. The number of nitrogens with one attached hydrogen (secondary N) is 1. The zero-order chi connectivity index (χ0) is 17.7. The minimum atomic E-state index is -4.47. The fourth-order valence-electron chi connectivity index (χ4n) is 2.64. The predicted octanol–water partition coefficient (Wildman–Crippen LogP) is 1.64. The third-order valence-electron chi connectivity index (χ3n) is 3.86. The van der Waals surface area contributed by atoms with Crippen molar-refractivity contribution >= 4 is 11.8 Å². The standard InChI is InChI=1S/C16H19F3N2O3/c17-16(18,19)10-21-9-12(8-14(21)23)15(24)20-7-6-13(22)11-4-2-1-3-5-11/h1-5,12-13,22H,6-10H2,(H,20,24). The molecule has 1 aliphatic rings. The summed E-state index contributed by atoms with van der Waals surface area (Å²) in [7, 11) is 0. The first-order valence-corrected chi connectivity index (χ1v) is 7.61. The fraction of sp³-hybridized carbons (Fsp3) is 0.500. The number of hydrogen-bond acceptors (Lipinski definition) is 3. The Morgan fingerprint density at radius 2 is 2.00 bits per heavy atom. The molecule has 0 radical (unpaired) electrons. The van der Waals surface area contributed by atoms with Gasteiger partial charge in [0.15, 0.2) is 0 Å². The van der Waals surface area contributed by atoms with E-state index in [0.29, 0.717) is 4.90 Å². The number of nitrogens with zero attached hydrogens (tertiary/aromatic N) is 1. The van der Waals surface area contributed by atoms with Crippen molar-refractivity contribution in [2.75, 3.05) is 19.6 Å². The van der Waals surface area contributed by atoms with E-state index in [1.54, 1.807) is 24.3 Å². The molecule has 1 heterocycles. The topological polar surface area (TPSA) is 69.6 Å². The van der Waals surface area contributed by atoms with Crippen molar-refractivity contribution in [3.63, 3.8) is 0 Å². The van der Waals surface area contributed by atoms with Gasteiger partial charge in [0, 0.05) is 19.5 Å². The van der Waals surface area contributed by atoms with Crippen LogP contribution in [0.15, 0.2) is 30.3 Å². The average Bonchev–Trinajstić information content (AvgIpc) is 2.87. The van der Waals surface area contributed by atoms with Crippen LogP contribution in [-0.4, -0.2) is 47.6 Å². The zero-order valence-corrected chi connectivity index (χ0v) is 12.9. The van der Waals surface area contributed by atoms with Crippen molar-refractivity contribution in [1.82, 2.24) is 10.2 Å². The van der Waals surface area contributed by atoms with E-state index in [4.69, 9.17) is 0 Å². The van der Waals surface area contributed by atoms with E-state index in [1.807, 2.05) is 6.07 Å². The van der Waals surface area contributed by atoms with E-state index in [0.717, 1.165) is 5.56 Å². The molecule has 1 saturated heterocycles. The first kappa shape index (κ1) is 18.3. The summed E-state index contributed by atoms with van der Waals surface area (Å²) in [6, 6.07) is 8.92. The van der Waals surface area contributed by atoms with Crippen LogP contribution in [0.1, 0.15) is 24.5 Å². The van der Waals surface area contributed by atoms with Crippen LogP contribution in [0.4, 0.5) is 13.2 Å². The third-order valence-corrected chi connectivity index (χ3v) is 3.86. The zero-order valence-electron chi connectivity index (χ0n) is 12.9. The largest absolute Gasteiger partial charge is 0.406 e. The number of aliphatic hydroxyl groups excluding tert-OH is 1. The Balaban J connectivity index is 1.76. The van der Waals surface area contributed by atoms with Gasteiger partial charge in [-0.15, -0.1) is 0 Å². The van der Waals surface area contributed by atoms with Crippen LogP contribution in [0.2, 0.25) is 0 Å². The van der Waals surface area contributed by atoms with Gasteiger partial charge < -0.3 is 15.3 Å². The van der Waals surface area contributed by atoms with Crippen LogP contribution in [0.5, 0.6) is 0 Å². The molecular formula is C16H19F3N2O3. The predicted molar refractivity (Wildman–Crippen MR) is 79.8 cm³/mol. The van der Waals surface area contributed by atoms with Gasteiger partial charge >= 0.3 is 6.18 Å². The molecule has 1 aliphatic heterocycles. The fourth-order valence-corrected chi connectivity index (χ4v) is 2.64. The van der Waals surface area contributed by atoms with E-state index in [2.05, 4.69) is 5.32 Å². The summed E-state index contributed by atoms with van der Waals surface area (Å²) >= 11 is 0. The maximum atomic E-state index is 12.3. The van der Waals surface area contributed by atoms with Crippen LogP contribution in [0, 0.1) is 5.92 Å². The molecule has 24 heavy (non-hydrogen) atoms. The number of alkyl halides is 3. The number of rotatable bonds is 6. The lowest BCUT2D eigenvalue weighted by atomic mass is 10.1. The monoisotopic (exact) mass is 344 g/mol. The Hall–Kier alpha value is -2.09. The molecule has 0 aromatic heterocycles. The number of likely N-dealkylation sites (tertiary alicyclic amines) is 1. The molecule has 2 N–H and O–H groups in total. The molecule has 2 rings (SSSR count). The third kappa shape index (κ3) is 5.23. The molecule has 2 unspecified atom stereocenters. The van der Waals surface area contributed by atoms with Crippen molar-refractivity contribution in [2.45, 2.75) is 25.1 Å². The molecule has 1 fully saturated rings. The second kappa shape index (κ2) is 7.65. The molecule has 0 spiro atoms. The van der Waals surface area contributed by atoms with Crippen molar-refractivity contribution in [3.8, 4) is 0 Å². The molecular weight excluding hydrogens is 325 g/mol. The van der Waals surface area contributed by atoms with Crippen LogP contribution < -0.4 is 5.32 Å². The summed E-state index contributed by atoms with van der Waals surface area (Å²) in [5.41, 5.74) is 0.721. The number of aliphatic hydroxyl groups is 1. The van der Waals surface area contributed by atoms with Gasteiger partial charge in [-0.3, -0.25) is 9.59 Å². The van der Waals surface area contributed by atoms with E-state index < -0.39 is 36.6 Å². The molecule has 1 aromatic rings. The van der Waals surface area contributed by atoms with Crippen LogP contribution in [-0.2, 0) is 9.59 Å². The Morgan fingerprint density at radius 3 is 2.62 bits per heavy atom. The van der Waals surface area contributed by atoms with E-state index in [1.165, 1.54) is 0 Å². The molecule has 8 heteroatoms. The minimum absolute atomic E-state index is 0.179. The van der Waals surface area contributed by atoms with Crippen molar-refractivity contribution in [2.24, 2.45) is 5.92 Å². The summed E-state index contributed by atoms with van der Waals surface area (Å²) in [5, 5.41) is 12.5. The Morgan fingerprint density at radius 1 is 1.33 bits per heavy atom. The number of hydrogen-bond donors (Lipinski definition) is 2.